The van der Waals surface area contributed by atoms with Crippen molar-refractivity contribution in [1.82, 2.24) is 25.2 Å². The quantitative estimate of drug-likeness (QED) is 0.253. The zero-order valence-electron chi connectivity index (χ0n) is 18.8. The Morgan fingerprint density at radius 1 is 1.00 bits per heavy atom. The summed E-state index contributed by atoms with van der Waals surface area (Å²) in [5.41, 5.74) is 8.55. The SMILES string of the molecule is Nc1ncnc2c1c(-c1ccc(Oc3ccccc3)cc1)cn2CC(=O)NCCNCCCO. The van der Waals surface area contributed by atoms with Gasteiger partial charge in [-0.15, -0.1) is 0 Å². The molecule has 0 radical (unpaired) electrons. The lowest BCUT2D eigenvalue weighted by Crippen LogP contribution is -2.34. The van der Waals surface area contributed by atoms with Crippen LogP contribution < -0.4 is 21.1 Å². The van der Waals surface area contributed by atoms with Crippen LogP contribution in [0.4, 0.5) is 5.82 Å². The van der Waals surface area contributed by atoms with Gasteiger partial charge in [0.2, 0.25) is 5.91 Å². The molecule has 9 heteroatoms. The minimum atomic E-state index is -0.129. The van der Waals surface area contributed by atoms with Crippen LogP contribution in [0.3, 0.4) is 0 Å². The lowest BCUT2D eigenvalue weighted by molar-refractivity contribution is -0.121. The molecule has 0 fully saturated rings. The fraction of sp³-hybridized carbons (Fsp3) is 0.240. The average Bonchev–Trinajstić information content (AvgIpc) is 3.22. The fourth-order valence-electron chi connectivity index (χ4n) is 3.64. The third kappa shape index (κ3) is 5.69. The predicted octanol–water partition coefficient (Wildman–Crippen LogP) is 2.56. The molecule has 4 aromatic rings. The molecule has 0 bridgehead atoms. The Morgan fingerprint density at radius 3 is 2.53 bits per heavy atom. The number of anilines is 1. The van der Waals surface area contributed by atoms with E-state index in [-0.39, 0.29) is 19.1 Å². The highest BCUT2D eigenvalue weighted by atomic mass is 16.5. The van der Waals surface area contributed by atoms with Crippen molar-refractivity contribution in [1.29, 1.82) is 0 Å². The van der Waals surface area contributed by atoms with Gasteiger partial charge in [0, 0.05) is 31.5 Å². The van der Waals surface area contributed by atoms with E-state index in [9.17, 15) is 4.79 Å². The first-order valence-corrected chi connectivity index (χ1v) is 11.2. The van der Waals surface area contributed by atoms with E-state index in [2.05, 4.69) is 20.6 Å². The van der Waals surface area contributed by atoms with E-state index in [1.807, 2.05) is 60.8 Å². The lowest BCUT2D eigenvalue weighted by Gasteiger charge is -2.08. The maximum atomic E-state index is 12.5. The highest BCUT2D eigenvalue weighted by Crippen LogP contribution is 2.34. The molecule has 0 saturated carbocycles. The van der Waals surface area contributed by atoms with Gasteiger partial charge in [-0.05, 0) is 42.8 Å². The van der Waals surface area contributed by atoms with E-state index in [0.717, 1.165) is 22.6 Å². The number of nitrogens with one attached hydrogen (secondary N) is 2. The smallest absolute Gasteiger partial charge is 0.240 e. The Bertz CT molecular complexity index is 1220. The molecule has 0 aliphatic carbocycles. The van der Waals surface area contributed by atoms with E-state index in [1.165, 1.54) is 6.33 Å². The minimum Gasteiger partial charge on any atom is -0.457 e. The Hall–Kier alpha value is -3.95. The number of carbonyl (C=O) groups is 1. The maximum absolute atomic E-state index is 12.5. The minimum absolute atomic E-state index is 0.110. The molecule has 0 aliphatic heterocycles. The number of nitrogens with zero attached hydrogens (tertiary/aromatic N) is 3. The van der Waals surface area contributed by atoms with Gasteiger partial charge >= 0.3 is 0 Å². The van der Waals surface area contributed by atoms with Crippen molar-refractivity contribution in [2.24, 2.45) is 0 Å². The normalized spacial score (nSPS) is 11.0. The van der Waals surface area contributed by atoms with E-state index in [0.29, 0.717) is 42.9 Å². The molecule has 34 heavy (non-hydrogen) atoms. The maximum Gasteiger partial charge on any atom is 0.240 e. The van der Waals surface area contributed by atoms with Crippen LogP contribution in [0.15, 0.2) is 67.1 Å². The third-order valence-corrected chi connectivity index (χ3v) is 5.28. The number of para-hydroxylation sites is 1. The molecule has 0 saturated heterocycles. The number of aromatic nitrogens is 3. The average molecular weight is 461 g/mol. The molecule has 0 spiro atoms. The Labute approximate surface area is 197 Å². The molecule has 9 nitrogen and oxygen atoms in total. The Kier molecular flexibility index (Phi) is 7.69. The van der Waals surface area contributed by atoms with Crippen molar-refractivity contribution < 1.29 is 14.6 Å². The topological polar surface area (TPSA) is 127 Å². The van der Waals surface area contributed by atoms with Gasteiger partial charge in [-0.25, -0.2) is 9.97 Å². The summed E-state index contributed by atoms with van der Waals surface area (Å²) in [5, 5.41) is 15.6. The molecule has 176 valence electrons. The van der Waals surface area contributed by atoms with Crippen LogP contribution in [0, 0.1) is 0 Å². The van der Waals surface area contributed by atoms with E-state index in [4.69, 9.17) is 15.6 Å². The molecule has 2 aromatic heterocycles. The zero-order valence-corrected chi connectivity index (χ0v) is 18.8. The van der Waals surface area contributed by atoms with E-state index in [1.54, 1.807) is 4.57 Å². The zero-order chi connectivity index (χ0) is 23.8. The molecule has 0 aliphatic rings. The first kappa shape index (κ1) is 23.2. The second kappa shape index (κ2) is 11.3. The Morgan fingerprint density at radius 2 is 1.76 bits per heavy atom. The van der Waals surface area contributed by atoms with Gasteiger partial charge < -0.3 is 30.8 Å². The van der Waals surface area contributed by atoms with Gasteiger partial charge in [-0.1, -0.05) is 30.3 Å². The number of fused-ring (bicyclic) bond motifs is 1. The number of amides is 1. The standard InChI is InChI=1S/C25H28N6O3/c26-24-23-21(18-7-9-20(10-8-18)34-19-5-2-1-3-6-19)15-31(25(23)30-17-29-24)16-22(33)28-13-12-27-11-4-14-32/h1-3,5-10,15,17,27,32H,4,11-14,16H2,(H,28,33)(H2,26,29,30). The highest BCUT2D eigenvalue weighted by molar-refractivity contribution is 6.01. The summed E-state index contributed by atoms with van der Waals surface area (Å²) in [4.78, 5) is 21.0. The van der Waals surface area contributed by atoms with Crippen molar-refractivity contribution in [3.05, 3.63) is 67.1 Å². The van der Waals surface area contributed by atoms with Crippen LogP contribution in [0.25, 0.3) is 22.2 Å². The highest BCUT2D eigenvalue weighted by Gasteiger charge is 2.16. The first-order chi connectivity index (χ1) is 16.7. The Balaban J connectivity index is 1.49. The summed E-state index contributed by atoms with van der Waals surface area (Å²) in [6.45, 7) is 2.10. The number of aliphatic hydroxyl groups excluding tert-OH is 1. The van der Waals surface area contributed by atoms with Crippen LogP contribution >= 0.6 is 0 Å². The molecular formula is C25H28N6O3. The monoisotopic (exact) mass is 460 g/mol. The number of rotatable bonds is 11. The third-order valence-electron chi connectivity index (χ3n) is 5.28. The first-order valence-electron chi connectivity index (χ1n) is 11.2. The summed E-state index contributed by atoms with van der Waals surface area (Å²) in [6, 6.07) is 17.3. The number of nitrogens with two attached hydrogens (primary N) is 1. The second-order valence-corrected chi connectivity index (χ2v) is 7.74. The van der Waals surface area contributed by atoms with Gasteiger partial charge in [0.25, 0.3) is 0 Å². The number of hydrogen-bond donors (Lipinski definition) is 4. The molecule has 4 rings (SSSR count). The van der Waals surface area contributed by atoms with Crippen LogP contribution in [-0.2, 0) is 11.3 Å². The van der Waals surface area contributed by atoms with Gasteiger partial charge in [0.05, 0.1) is 5.39 Å². The molecule has 0 atom stereocenters. The summed E-state index contributed by atoms with van der Waals surface area (Å²) < 4.78 is 7.66. The van der Waals surface area contributed by atoms with Gasteiger partial charge in [0.1, 0.15) is 35.8 Å². The summed E-state index contributed by atoms with van der Waals surface area (Å²) in [7, 11) is 0. The van der Waals surface area contributed by atoms with E-state index < -0.39 is 0 Å². The molecule has 2 aromatic carbocycles. The molecule has 1 amide bonds. The van der Waals surface area contributed by atoms with Gasteiger partial charge in [0.15, 0.2) is 0 Å². The number of benzene rings is 2. The van der Waals surface area contributed by atoms with Crippen molar-refractivity contribution >= 4 is 22.8 Å². The van der Waals surface area contributed by atoms with Crippen molar-refractivity contribution in [2.45, 2.75) is 13.0 Å². The second-order valence-electron chi connectivity index (χ2n) is 7.74. The van der Waals surface area contributed by atoms with Gasteiger partial charge in [-0.3, -0.25) is 4.79 Å². The molecule has 0 unspecified atom stereocenters. The number of carbonyl (C=O) groups excluding carboxylic acids is 1. The molecule has 5 N–H and O–H groups in total. The molecular weight excluding hydrogens is 432 g/mol. The van der Waals surface area contributed by atoms with E-state index >= 15 is 0 Å². The summed E-state index contributed by atoms with van der Waals surface area (Å²) in [6.07, 6.45) is 3.96. The van der Waals surface area contributed by atoms with Crippen LogP contribution in [-0.4, -0.2) is 51.8 Å². The fourth-order valence-corrected chi connectivity index (χ4v) is 3.64. The molecule has 2 heterocycles. The van der Waals surface area contributed by atoms with Crippen molar-refractivity contribution in [3.63, 3.8) is 0 Å². The van der Waals surface area contributed by atoms with Crippen LogP contribution in [0.1, 0.15) is 6.42 Å². The summed E-state index contributed by atoms with van der Waals surface area (Å²) in [5.74, 6) is 1.71. The number of ether oxygens (including phenoxy) is 1. The van der Waals surface area contributed by atoms with Crippen molar-refractivity contribution in [3.8, 4) is 22.6 Å². The number of aliphatic hydroxyl groups is 1. The number of nitrogen functional groups attached to an aromatic ring is 1. The van der Waals surface area contributed by atoms with Gasteiger partial charge in [-0.2, -0.15) is 0 Å². The van der Waals surface area contributed by atoms with Crippen LogP contribution in [0.5, 0.6) is 11.5 Å². The predicted molar refractivity (Wildman–Crippen MR) is 131 cm³/mol. The largest absolute Gasteiger partial charge is 0.457 e. The lowest BCUT2D eigenvalue weighted by atomic mass is 10.1. The summed E-state index contributed by atoms with van der Waals surface area (Å²) >= 11 is 0. The van der Waals surface area contributed by atoms with Crippen LogP contribution in [0.2, 0.25) is 0 Å². The number of hydrogen-bond acceptors (Lipinski definition) is 7. The van der Waals surface area contributed by atoms with Crippen molar-refractivity contribution in [2.75, 3.05) is 32.0 Å².